The van der Waals surface area contributed by atoms with Gasteiger partial charge < -0.3 is 9.47 Å². The zero-order valence-electron chi connectivity index (χ0n) is 16.2. The Balaban J connectivity index is 1.37. The first kappa shape index (κ1) is 18.4. The molecule has 2 aromatic heterocycles. The highest BCUT2D eigenvalue weighted by Gasteiger charge is 2.37. The minimum absolute atomic E-state index is 0.0354. The Bertz CT molecular complexity index is 979. The summed E-state index contributed by atoms with van der Waals surface area (Å²) in [6.45, 7) is 3.44. The molecule has 0 aliphatic carbocycles. The first-order valence-electron chi connectivity index (χ1n) is 10.2. The molecule has 0 N–H and O–H groups in total. The monoisotopic (exact) mass is 397 g/mol. The van der Waals surface area contributed by atoms with E-state index in [-0.39, 0.29) is 23.3 Å². The molecular formula is C21H24FN5O2. The van der Waals surface area contributed by atoms with Gasteiger partial charge in [-0.2, -0.15) is 0 Å². The molecule has 29 heavy (non-hydrogen) atoms. The lowest BCUT2D eigenvalue weighted by Crippen LogP contribution is -2.49. The van der Waals surface area contributed by atoms with Gasteiger partial charge in [0.05, 0.1) is 6.20 Å². The van der Waals surface area contributed by atoms with Crippen molar-refractivity contribution >= 4 is 5.91 Å². The maximum atomic E-state index is 13.5. The van der Waals surface area contributed by atoms with Crippen molar-refractivity contribution in [2.45, 2.75) is 38.0 Å². The van der Waals surface area contributed by atoms with Gasteiger partial charge >= 0.3 is 0 Å². The second kappa shape index (κ2) is 7.33. The van der Waals surface area contributed by atoms with E-state index in [0.29, 0.717) is 51.4 Å². The van der Waals surface area contributed by atoms with Gasteiger partial charge in [-0.3, -0.25) is 19.5 Å². The number of rotatable bonds is 3. The molecule has 0 spiro atoms. The van der Waals surface area contributed by atoms with E-state index in [4.69, 9.17) is 0 Å². The molecule has 0 aromatic carbocycles. The molecule has 0 unspecified atom stereocenters. The van der Waals surface area contributed by atoms with Crippen molar-refractivity contribution in [1.29, 1.82) is 0 Å². The molecule has 3 aliphatic heterocycles. The highest BCUT2D eigenvalue weighted by molar-refractivity contribution is 5.92. The smallest absolute Gasteiger partial charge is 0.274 e. The van der Waals surface area contributed by atoms with E-state index in [0.717, 1.165) is 17.7 Å². The van der Waals surface area contributed by atoms with Gasteiger partial charge in [0, 0.05) is 68.8 Å². The zero-order valence-corrected chi connectivity index (χ0v) is 16.2. The van der Waals surface area contributed by atoms with Crippen molar-refractivity contribution in [1.82, 2.24) is 24.3 Å². The lowest BCUT2D eigenvalue weighted by atomic mass is 9.83. The highest BCUT2D eigenvalue weighted by Crippen LogP contribution is 2.35. The number of hydrogen-bond donors (Lipinski definition) is 0. The second-order valence-corrected chi connectivity index (χ2v) is 8.42. The first-order valence-corrected chi connectivity index (χ1v) is 10.2. The molecule has 3 atom stereocenters. The maximum absolute atomic E-state index is 13.5. The number of aromatic nitrogens is 3. The van der Waals surface area contributed by atoms with Gasteiger partial charge in [0.1, 0.15) is 11.9 Å². The zero-order chi connectivity index (χ0) is 20.0. The first-order chi connectivity index (χ1) is 14.1. The van der Waals surface area contributed by atoms with Crippen LogP contribution < -0.4 is 5.56 Å². The topological polar surface area (TPSA) is 71.3 Å². The SMILES string of the molecule is O=C(c1cnccn1)N1C[C@@H]2C[C@H](C1)c1ccc(CN3CC[C@H](F)C3)c(=O)n1C2. The number of alkyl halides is 1. The van der Waals surface area contributed by atoms with Crippen LogP contribution in [0.4, 0.5) is 4.39 Å². The average molecular weight is 397 g/mol. The summed E-state index contributed by atoms with van der Waals surface area (Å²) >= 11 is 0. The number of hydrogen-bond acceptors (Lipinski definition) is 5. The largest absolute Gasteiger partial charge is 0.336 e. The summed E-state index contributed by atoms with van der Waals surface area (Å²) in [5.74, 6) is 0.290. The van der Waals surface area contributed by atoms with Crippen LogP contribution in [0.25, 0.3) is 0 Å². The van der Waals surface area contributed by atoms with Gasteiger partial charge in [0.2, 0.25) is 0 Å². The van der Waals surface area contributed by atoms with Gasteiger partial charge in [-0.25, -0.2) is 9.37 Å². The summed E-state index contributed by atoms with van der Waals surface area (Å²) in [6.07, 6.45) is 5.33. The number of pyridine rings is 1. The van der Waals surface area contributed by atoms with Crippen molar-refractivity contribution < 1.29 is 9.18 Å². The third-order valence-electron chi connectivity index (χ3n) is 6.36. The van der Waals surface area contributed by atoms with Crippen LogP contribution in [0, 0.1) is 5.92 Å². The van der Waals surface area contributed by atoms with E-state index in [2.05, 4.69) is 9.97 Å². The maximum Gasteiger partial charge on any atom is 0.274 e. The van der Waals surface area contributed by atoms with Gasteiger partial charge in [0.15, 0.2) is 0 Å². The van der Waals surface area contributed by atoms with E-state index in [1.807, 2.05) is 26.5 Å². The summed E-state index contributed by atoms with van der Waals surface area (Å²) in [6, 6.07) is 3.92. The van der Waals surface area contributed by atoms with Crippen LogP contribution in [-0.2, 0) is 13.1 Å². The molecule has 8 heteroatoms. The molecule has 0 radical (unpaired) electrons. The van der Waals surface area contributed by atoms with Crippen LogP contribution >= 0.6 is 0 Å². The summed E-state index contributed by atoms with van der Waals surface area (Å²) in [5, 5.41) is 0. The normalized spacial score (nSPS) is 26.4. The Labute approximate surface area is 168 Å². The number of piperidine rings is 1. The van der Waals surface area contributed by atoms with E-state index in [1.54, 1.807) is 6.20 Å². The Kier molecular flexibility index (Phi) is 4.66. The Hall–Kier alpha value is -2.61. The third kappa shape index (κ3) is 3.46. The van der Waals surface area contributed by atoms with Crippen LogP contribution in [-0.4, -0.2) is 62.6 Å². The molecule has 7 nitrogen and oxygen atoms in total. The van der Waals surface area contributed by atoms with Crippen molar-refractivity contribution in [3.8, 4) is 0 Å². The predicted molar refractivity (Wildman–Crippen MR) is 104 cm³/mol. The van der Waals surface area contributed by atoms with Crippen LogP contribution in [0.5, 0.6) is 0 Å². The van der Waals surface area contributed by atoms with Gasteiger partial charge in [-0.05, 0) is 24.8 Å². The molecule has 2 bridgehead atoms. The molecule has 5 rings (SSSR count). The molecule has 2 fully saturated rings. The van der Waals surface area contributed by atoms with Gasteiger partial charge in [-0.1, -0.05) is 6.07 Å². The Morgan fingerprint density at radius 3 is 2.83 bits per heavy atom. The van der Waals surface area contributed by atoms with Gasteiger partial charge in [-0.15, -0.1) is 0 Å². The van der Waals surface area contributed by atoms with Crippen molar-refractivity contribution in [3.63, 3.8) is 0 Å². The number of carbonyl (C=O) groups is 1. The molecule has 5 heterocycles. The molecule has 3 aliphatic rings. The molecule has 1 amide bonds. The second-order valence-electron chi connectivity index (χ2n) is 8.42. The fourth-order valence-electron chi connectivity index (χ4n) is 5.02. The van der Waals surface area contributed by atoms with E-state index in [9.17, 15) is 14.0 Å². The third-order valence-corrected chi connectivity index (χ3v) is 6.36. The standard InChI is InChI=1S/C21H24FN5O2/c22-17-3-6-25(13-17)11-15-1-2-19-16-7-14(10-27(19)20(15)28)9-26(12-16)21(29)18-8-23-4-5-24-18/h1-2,4-5,8,14,16-17H,3,6-7,9-13H2/t14-,16+,17-/m0/s1. The van der Waals surface area contributed by atoms with Crippen molar-refractivity contribution in [2.24, 2.45) is 5.92 Å². The number of halogens is 1. The number of fused-ring (bicyclic) bond motifs is 4. The van der Waals surface area contributed by atoms with Crippen LogP contribution in [0.2, 0.25) is 0 Å². The minimum atomic E-state index is -0.785. The number of carbonyl (C=O) groups excluding carboxylic acids is 1. The van der Waals surface area contributed by atoms with E-state index >= 15 is 0 Å². The average Bonchev–Trinajstić information content (AvgIpc) is 3.15. The summed E-state index contributed by atoms with van der Waals surface area (Å²) in [4.78, 5) is 37.9. The van der Waals surface area contributed by atoms with E-state index < -0.39 is 6.17 Å². The fourth-order valence-corrected chi connectivity index (χ4v) is 5.02. The van der Waals surface area contributed by atoms with Gasteiger partial charge in [0.25, 0.3) is 11.5 Å². The molecule has 152 valence electrons. The predicted octanol–water partition coefficient (Wildman–Crippen LogP) is 1.44. The summed E-state index contributed by atoms with van der Waals surface area (Å²) in [5.41, 5.74) is 2.12. The fraction of sp³-hybridized carbons (Fsp3) is 0.524. The van der Waals surface area contributed by atoms with Crippen LogP contribution in [0.3, 0.4) is 0 Å². The lowest BCUT2D eigenvalue weighted by Gasteiger charge is -2.42. The Morgan fingerprint density at radius 1 is 1.17 bits per heavy atom. The Morgan fingerprint density at radius 2 is 2.07 bits per heavy atom. The summed E-state index contributed by atoms with van der Waals surface area (Å²) < 4.78 is 15.4. The number of amides is 1. The molecular weight excluding hydrogens is 373 g/mol. The number of nitrogens with zero attached hydrogens (tertiary/aromatic N) is 5. The molecule has 0 saturated carbocycles. The summed E-state index contributed by atoms with van der Waals surface area (Å²) in [7, 11) is 0. The van der Waals surface area contributed by atoms with Crippen molar-refractivity contribution in [3.05, 3.63) is 58.0 Å². The number of likely N-dealkylation sites (tertiary alicyclic amines) is 2. The minimum Gasteiger partial charge on any atom is -0.336 e. The van der Waals surface area contributed by atoms with Crippen molar-refractivity contribution in [2.75, 3.05) is 26.2 Å². The quantitative estimate of drug-likeness (QED) is 0.784. The van der Waals surface area contributed by atoms with Crippen LogP contribution in [0.15, 0.2) is 35.5 Å². The molecule has 2 saturated heterocycles. The van der Waals surface area contributed by atoms with Crippen LogP contribution in [0.1, 0.15) is 40.5 Å². The van der Waals surface area contributed by atoms with E-state index in [1.165, 1.54) is 12.4 Å². The lowest BCUT2D eigenvalue weighted by molar-refractivity contribution is 0.0588. The molecule has 2 aromatic rings. The highest BCUT2D eigenvalue weighted by atomic mass is 19.1.